The number of hydrogen-bond donors (Lipinski definition) is 1. The predicted molar refractivity (Wildman–Crippen MR) is 75.3 cm³/mol. The zero-order chi connectivity index (χ0) is 14.8. The highest BCUT2D eigenvalue weighted by Gasteiger charge is 2.16. The highest BCUT2D eigenvalue weighted by Crippen LogP contribution is 2.15. The van der Waals surface area contributed by atoms with Crippen LogP contribution in [0.25, 0.3) is 0 Å². The molecule has 0 amide bonds. The van der Waals surface area contributed by atoms with Crippen LogP contribution in [0.5, 0.6) is 0 Å². The van der Waals surface area contributed by atoms with Crippen molar-refractivity contribution >= 4 is 15.8 Å². The molecule has 104 valence electrons. The maximum Gasteiger partial charge on any atom is 0.238 e. The highest BCUT2D eigenvalue weighted by atomic mass is 32.2. The van der Waals surface area contributed by atoms with Gasteiger partial charge in [-0.25, -0.2) is 8.42 Å². The number of anilines is 1. The molecule has 1 N–H and O–H groups in total. The van der Waals surface area contributed by atoms with Gasteiger partial charge in [0.25, 0.3) is 0 Å². The predicted octanol–water partition coefficient (Wildman–Crippen LogP) is 1.54. The number of nitrogens with one attached hydrogen (secondary N) is 1. The maximum absolute atomic E-state index is 12.1. The molecule has 0 saturated carbocycles. The summed E-state index contributed by atoms with van der Waals surface area (Å²) >= 11 is 0. The summed E-state index contributed by atoms with van der Waals surface area (Å²) in [5.41, 5.74) is 1.56. The Morgan fingerprint density at radius 3 is 2.70 bits per heavy atom. The number of nitrogens with zero attached hydrogens (tertiary/aromatic N) is 3. The van der Waals surface area contributed by atoms with Crippen LogP contribution in [0.15, 0.2) is 30.3 Å². The summed E-state index contributed by atoms with van der Waals surface area (Å²) in [6.07, 6.45) is 0. The van der Waals surface area contributed by atoms with E-state index in [2.05, 4.69) is 9.82 Å². The van der Waals surface area contributed by atoms with Crippen LogP contribution in [0.1, 0.15) is 16.8 Å². The summed E-state index contributed by atoms with van der Waals surface area (Å²) in [6, 6.07) is 10.3. The van der Waals surface area contributed by atoms with Gasteiger partial charge in [-0.15, -0.1) is 0 Å². The van der Waals surface area contributed by atoms with E-state index in [-0.39, 0.29) is 5.75 Å². The monoisotopic (exact) mass is 290 g/mol. The van der Waals surface area contributed by atoms with Crippen molar-refractivity contribution in [1.29, 1.82) is 5.26 Å². The van der Waals surface area contributed by atoms with Crippen molar-refractivity contribution in [3.8, 4) is 6.07 Å². The fourth-order valence-electron chi connectivity index (χ4n) is 1.86. The molecule has 0 saturated heterocycles. The van der Waals surface area contributed by atoms with Crippen LogP contribution >= 0.6 is 0 Å². The van der Waals surface area contributed by atoms with Crippen molar-refractivity contribution in [3.63, 3.8) is 0 Å². The zero-order valence-corrected chi connectivity index (χ0v) is 12.0. The molecule has 0 aliphatic heterocycles. The smallest absolute Gasteiger partial charge is 0.238 e. The van der Waals surface area contributed by atoms with Crippen molar-refractivity contribution in [2.75, 3.05) is 4.72 Å². The number of hydrogen-bond acceptors (Lipinski definition) is 4. The summed E-state index contributed by atoms with van der Waals surface area (Å²) in [5, 5.41) is 13.0. The van der Waals surface area contributed by atoms with Crippen molar-refractivity contribution in [1.82, 2.24) is 9.78 Å². The van der Waals surface area contributed by atoms with Crippen LogP contribution in [0.2, 0.25) is 0 Å². The zero-order valence-electron chi connectivity index (χ0n) is 11.2. The molecule has 0 bridgehead atoms. The minimum atomic E-state index is -3.59. The molecular formula is C13H14N4O2S. The SMILES string of the molecule is Cc1cc(NS(=O)(=O)Cc2ccccc2C#N)n(C)n1. The number of rotatable bonds is 4. The van der Waals surface area contributed by atoms with Crippen LogP contribution in [0.4, 0.5) is 5.82 Å². The second-order valence-electron chi connectivity index (χ2n) is 4.42. The molecule has 6 nitrogen and oxygen atoms in total. The van der Waals surface area contributed by atoms with Crippen LogP contribution in [0.3, 0.4) is 0 Å². The molecule has 0 fully saturated rings. The Kier molecular flexibility index (Phi) is 3.77. The largest absolute Gasteiger partial charge is 0.267 e. The normalized spacial score (nSPS) is 11.1. The van der Waals surface area contributed by atoms with E-state index in [9.17, 15) is 8.42 Å². The first kappa shape index (κ1) is 14.1. The molecule has 0 aliphatic carbocycles. The lowest BCUT2D eigenvalue weighted by Gasteiger charge is -2.08. The van der Waals surface area contributed by atoms with E-state index in [1.165, 1.54) is 4.68 Å². The van der Waals surface area contributed by atoms with Gasteiger partial charge in [-0.2, -0.15) is 10.4 Å². The Balaban J connectivity index is 2.24. The van der Waals surface area contributed by atoms with Gasteiger partial charge in [0.2, 0.25) is 10.0 Å². The fraction of sp³-hybridized carbons (Fsp3) is 0.231. The van der Waals surface area contributed by atoms with Crippen molar-refractivity contribution in [3.05, 3.63) is 47.2 Å². The minimum Gasteiger partial charge on any atom is -0.267 e. The highest BCUT2D eigenvalue weighted by molar-refractivity contribution is 7.91. The van der Waals surface area contributed by atoms with Gasteiger partial charge in [0.05, 0.1) is 23.1 Å². The average Bonchev–Trinajstić information content (AvgIpc) is 2.67. The Morgan fingerprint density at radius 1 is 1.40 bits per heavy atom. The van der Waals surface area contributed by atoms with Gasteiger partial charge in [-0.1, -0.05) is 18.2 Å². The summed E-state index contributed by atoms with van der Waals surface area (Å²) in [6.45, 7) is 1.78. The van der Waals surface area contributed by atoms with E-state index in [1.807, 2.05) is 6.07 Å². The third-order valence-corrected chi connectivity index (χ3v) is 3.96. The Labute approximate surface area is 117 Å². The lowest BCUT2D eigenvalue weighted by molar-refractivity contribution is 0.599. The topological polar surface area (TPSA) is 87.8 Å². The Hall–Kier alpha value is -2.33. The third-order valence-electron chi connectivity index (χ3n) is 2.75. The van der Waals surface area contributed by atoms with Gasteiger partial charge in [0, 0.05) is 13.1 Å². The molecule has 20 heavy (non-hydrogen) atoms. The van der Waals surface area contributed by atoms with E-state index in [4.69, 9.17) is 5.26 Å². The fourth-order valence-corrected chi connectivity index (χ4v) is 3.10. The molecule has 1 aromatic carbocycles. The molecular weight excluding hydrogens is 276 g/mol. The molecule has 2 rings (SSSR count). The Morgan fingerprint density at radius 2 is 2.10 bits per heavy atom. The molecule has 0 unspecified atom stereocenters. The minimum absolute atomic E-state index is 0.249. The lowest BCUT2D eigenvalue weighted by atomic mass is 10.1. The maximum atomic E-state index is 12.1. The van der Waals surface area contributed by atoms with Crippen molar-refractivity contribution in [2.45, 2.75) is 12.7 Å². The third kappa shape index (κ3) is 3.16. The summed E-state index contributed by atoms with van der Waals surface area (Å²) < 4.78 is 28.2. The standard InChI is InChI=1S/C13H14N4O2S/c1-10-7-13(17(2)15-10)16-20(18,19)9-12-6-4-3-5-11(12)8-14/h3-7,16H,9H2,1-2H3. The van der Waals surface area contributed by atoms with Gasteiger partial charge in [0.1, 0.15) is 5.82 Å². The molecule has 7 heteroatoms. The van der Waals surface area contributed by atoms with E-state index in [0.29, 0.717) is 16.9 Å². The summed E-state index contributed by atoms with van der Waals surface area (Å²) in [4.78, 5) is 0. The number of sulfonamides is 1. The first-order valence-corrected chi connectivity index (χ1v) is 7.55. The number of nitriles is 1. The average molecular weight is 290 g/mol. The van der Waals surface area contributed by atoms with Gasteiger partial charge in [-0.05, 0) is 18.6 Å². The van der Waals surface area contributed by atoms with Gasteiger partial charge in [-0.3, -0.25) is 9.40 Å². The summed E-state index contributed by atoms with van der Waals surface area (Å²) in [7, 11) is -1.93. The lowest BCUT2D eigenvalue weighted by Crippen LogP contribution is -2.17. The van der Waals surface area contributed by atoms with E-state index >= 15 is 0 Å². The van der Waals surface area contributed by atoms with Gasteiger partial charge in [0.15, 0.2) is 0 Å². The first-order chi connectivity index (χ1) is 9.41. The van der Waals surface area contributed by atoms with Crippen LogP contribution in [-0.2, 0) is 22.8 Å². The van der Waals surface area contributed by atoms with Gasteiger partial charge >= 0.3 is 0 Å². The molecule has 0 atom stereocenters. The van der Waals surface area contributed by atoms with Crippen LogP contribution in [-0.4, -0.2) is 18.2 Å². The van der Waals surface area contributed by atoms with Crippen LogP contribution < -0.4 is 4.72 Å². The quantitative estimate of drug-likeness (QED) is 0.925. The van der Waals surface area contributed by atoms with E-state index < -0.39 is 10.0 Å². The molecule has 1 aromatic heterocycles. The van der Waals surface area contributed by atoms with E-state index in [1.54, 1.807) is 44.3 Å². The Bertz CT molecular complexity index is 772. The molecule has 1 heterocycles. The number of aryl methyl sites for hydroxylation is 2. The second-order valence-corrected chi connectivity index (χ2v) is 6.15. The van der Waals surface area contributed by atoms with Crippen LogP contribution in [0, 0.1) is 18.3 Å². The number of aromatic nitrogens is 2. The van der Waals surface area contributed by atoms with Crippen molar-refractivity contribution in [2.24, 2.45) is 7.05 Å². The molecule has 2 aromatic rings. The number of benzene rings is 1. The van der Waals surface area contributed by atoms with E-state index in [0.717, 1.165) is 5.69 Å². The van der Waals surface area contributed by atoms with Crippen molar-refractivity contribution < 1.29 is 8.42 Å². The summed E-state index contributed by atoms with van der Waals surface area (Å²) in [5.74, 6) is 0.151. The molecule has 0 radical (unpaired) electrons. The molecule has 0 spiro atoms. The van der Waals surface area contributed by atoms with Gasteiger partial charge < -0.3 is 0 Å². The molecule has 0 aliphatic rings. The first-order valence-electron chi connectivity index (χ1n) is 5.90. The second kappa shape index (κ2) is 5.35.